The maximum absolute atomic E-state index is 12.1. The minimum atomic E-state index is -0.714. The lowest BCUT2D eigenvalue weighted by Gasteiger charge is -2.13. The molecule has 0 spiro atoms. The molecule has 3 aromatic carbocycles. The van der Waals surface area contributed by atoms with Gasteiger partial charge in [-0.2, -0.15) is 5.10 Å². The highest BCUT2D eigenvalue weighted by Crippen LogP contribution is 2.22. The SMILES string of the molecule is C[C@H](Oc1ccc(-c2ccccc2)cc1)C(=O)N/N=C\c1ccccc1O. The van der Waals surface area contributed by atoms with Gasteiger partial charge in [0.15, 0.2) is 6.10 Å². The molecule has 0 unspecified atom stereocenters. The third kappa shape index (κ3) is 4.95. The van der Waals surface area contributed by atoms with Gasteiger partial charge in [-0.05, 0) is 42.3 Å². The number of carbonyl (C=O) groups excluding carboxylic acids is 1. The molecule has 1 amide bonds. The quantitative estimate of drug-likeness (QED) is 0.516. The molecule has 0 aliphatic rings. The number of hydrogen-bond acceptors (Lipinski definition) is 4. The summed E-state index contributed by atoms with van der Waals surface area (Å²) in [5.74, 6) is 0.314. The monoisotopic (exact) mass is 360 g/mol. The van der Waals surface area contributed by atoms with Gasteiger partial charge < -0.3 is 9.84 Å². The highest BCUT2D eigenvalue weighted by molar-refractivity contribution is 5.86. The molecule has 0 radical (unpaired) electrons. The molecule has 0 bridgehead atoms. The summed E-state index contributed by atoms with van der Waals surface area (Å²) >= 11 is 0. The van der Waals surface area contributed by atoms with E-state index in [0.29, 0.717) is 11.3 Å². The van der Waals surface area contributed by atoms with Crippen molar-refractivity contribution in [2.75, 3.05) is 0 Å². The number of phenolic OH excluding ortho intramolecular Hbond substituents is 1. The highest BCUT2D eigenvalue weighted by atomic mass is 16.5. The Hall–Kier alpha value is -3.60. The summed E-state index contributed by atoms with van der Waals surface area (Å²) in [7, 11) is 0. The first-order valence-corrected chi connectivity index (χ1v) is 8.56. The molecule has 2 N–H and O–H groups in total. The fourth-order valence-electron chi connectivity index (χ4n) is 2.47. The number of hydrogen-bond donors (Lipinski definition) is 2. The van der Waals surface area contributed by atoms with Crippen LogP contribution in [0.15, 0.2) is 84.0 Å². The minimum absolute atomic E-state index is 0.0957. The van der Waals surface area contributed by atoms with Gasteiger partial charge in [0, 0.05) is 5.56 Å². The van der Waals surface area contributed by atoms with Crippen LogP contribution in [0.4, 0.5) is 0 Å². The zero-order valence-electron chi connectivity index (χ0n) is 14.9. The summed E-state index contributed by atoms with van der Waals surface area (Å²) in [4.78, 5) is 12.1. The Morgan fingerprint density at radius 2 is 1.59 bits per heavy atom. The van der Waals surface area contributed by atoms with Gasteiger partial charge >= 0.3 is 0 Å². The van der Waals surface area contributed by atoms with E-state index in [4.69, 9.17) is 4.74 Å². The largest absolute Gasteiger partial charge is 0.507 e. The second-order valence-electron chi connectivity index (χ2n) is 5.94. The van der Waals surface area contributed by atoms with E-state index < -0.39 is 6.10 Å². The van der Waals surface area contributed by atoms with Crippen LogP contribution in [0.25, 0.3) is 11.1 Å². The fraction of sp³-hybridized carbons (Fsp3) is 0.0909. The normalized spacial score (nSPS) is 11.9. The standard InChI is InChI=1S/C22H20N2O3/c1-16(22(26)24-23-15-19-9-5-6-10-21(19)25)27-20-13-11-18(12-14-20)17-7-3-2-4-8-17/h2-16,25H,1H3,(H,24,26)/b23-15-/t16-/m0/s1. The summed E-state index contributed by atoms with van der Waals surface area (Å²) < 4.78 is 5.66. The molecule has 3 aromatic rings. The van der Waals surface area contributed by atoms with Gasteiger partial charge in [-0.15, -0.1) is 0 Å². The number of carbonyl (C=O) groups is 1. The predicted molar refractivity (Wildman–Crippen MR) is 106 cm³/mol. The summed E-state index contributed by atoms with van der Waals surface area (Å²) in [5, 5.41) is 13.5. The molecule has 0 saturated heterocycles. The lowest BCUT2D eigenvalue weighted by Crippen LogP contribution is -2.33. The molecule has 27 heavy (non-hydrogen) atoms. The van der Waals surface area contributed by atoms with Crippen LogP contribution >= 0.6 is 0 Å². The first-order valence-electron chi connectivity index (χ1n) is 8.56. The Morgan fingerprint density at radius 1 is 0.963 bits per heavy atom. The molecular formula is C22H20N2O3. The van der Waals surface area contributed by atoms with Gasteiger partial charge in [-0.25, -0.2) is 5.43 Å². The predicted octanol–water partition coefficient (Wildman–Crippen LogP) is 3.98. The van der Waals surface area contributed by atoms with Gasteiger partial charge in [-0.1, -0.05) is 54.6 Å². The number of ether oxygens (including phenoxy) is 1. The molecule has 5 nitrogen and oxygen atoms in total. The summed E-state index contributed by atoms with van der Waals surface area (Å²) in [6, 6.07) is 24.3. The van der Waals surface area contributed by atoms with E-state index in [1.165, 1.54) is 6.21 Å². The number of hydrazone groups is 1. The average molecular weight is 360 g/mol. The summed E-state index contributed by atoms with van der Waals surface area (Å²) in [5.41, 5.74) is 5.12. The van der Waals surface area contributed by atoms with Crippen LogP contribution in [0, 0.1) is 0 Å². The van der Waals surface area contributed by atoms with Crippen LogP contribution in [0.2, 0.25) is 0 Å². The molecule has 0 aliphatic heterocycles. The van der Waals surface area contributed by atoms with E-state index in [-0.39, 0.29) is 11.7 Å². The number of phenols is 1. The molecule has 136 valence electrons. The van der Waals surface area contributed by atoms with E-state index in [2.05, 4.69) is 10.5 Å². The third-order valence-electron chi connectivity index (χ3n) is 3.96. The van der Waals surface area contributed by atoms with E-state index in [1.54, 1.807) is 31.2 Å². The Balaban J connectivity index is 1.56. The van der Waals surface area contributed by atoms with Crippen LogP contribution < -0.4 is 10.2 Å². The molecule has 0 aliphatic carbocycles. The molecule has 5 heteroatoms. The molecule has 3 rings (SSSR count). The van der Waals surface area contributed by atoms with Crippen LogP contribution in [0.3, 0.4) is 0 Å². The van der Waals surface area contributed by atoms with E-state index in [1.807, 2.05) is 54.6 Å². The van der Waals surface area contributed by atoms with Crippen LogP contribution in [-0.2, 0) is 4.79 Å². The first-order chi connectivity index (χ1) is 13.1. The van der Waals surface area contributed by atoms with Crippen LogP contribution in [0.5, 0.6) is 11.5 Å². The number of nitrogens with zero attached hydrogens (tertiary/aromatic N) is 1. The number of benzene rings is 3. The maximum atomic E-state index is 12.1. The fourth-order valence-corrected chi connectivity index (χ4v) is 2.47. The number of para-hydroxylation sites is 1. The molecule has 1 atom stereocenters. The van der Waals surface area contributed by atoms with Gasteiger partial charge in [-0.3, -0.25) is 4.79 Å². The van der Waals surface area contributed by atoms with Gasteiger partial charge in [0.2, 0.25) is 0 Å². The molecular weight excluding hydrogens is 340 g/mol. The van der Waals surface area contributed by atoms with Gasteiger partial charge in [0.05, 0.1) is 6.21 Å². The van der Waals surface area contributed by atoms with Crippen molar-refractivity contribution >= 4 is 12.1 Å². The second kappa shape index (κ2) is 8.67. The number of nitrogens with one attached hydrogen (secondary N) is 1. The van der Waals surface area contributed by atoms with Crippen molar-refractivity contribution in [1.82, 2.24) is 5.43 Å². The highest BCUT2D eigenvalue weighted by Gasteiger charge is 2.14. The Kier molecular flexibility index (Phi) is 5.84. The zero-order chi connectivity index (χ0) is 19.1. The lowest BCUT2D eigenvalue weighted by atomic mass is 10.1. The minimum Gasteiger partial charge on any atom is -0.507 e. The topological polar surface area (TPSA) is 70.9 Å². The number of amides is 1. The van der Waals surface area contributed by atoms with E-state index in [9.17, 15) is 9.90 Å². The molecule has 0 fully saturated rings. The second-order valence-corrected chi connectivity index (χ2v) is 5.94. The van der Waals surface area contributed by atoms with Gasteiger partial charge in [0.1, 0.15) is 11.5 Å². The van der Waals surface area contributed by atoms with Crippen molar-refractivity contribution < 1.29 is 14.6 Å². The third-order valence-corrected chi connectivity index (χ3v) is 3.96. The van der Waals surface area contributed by atoms with E-state index >= 15 is 0 Å². The Labute approximate surface area is 157 Å². The van der Waals surface area contributed by atoms with Crippen molar-refractivity contribution in [3.05, 3.63) is 84.4 Å². The molecule has 0 saturated carbocycles. The van der Waals surface area contributed by atoms with E-state index in [0.717, 1.165) is 11.1 Å². The zero-order valence-corrected chi connectivity index (χ0v) is 14.9. The van der Waals surface area contributed by atoms with Crippen molar-refractivity contribution in [1.29, 1.82) is 0 Å². The Bertz CT molecular complexity index is 922. The van der Waals surface area contributed by atoms with Crippen molar-refractivity contribution in [3.8, 4) is 22.6 Å². The van der Waals surface area contributed by atoms with Crippen molar-refractivity contribution in [3.63, 3.8) is 0 Å². The lowest BCUT2D eigenvalue weighted by molar-refractivity contribution is -0.127. The number of aromatic hydroxyl groups is 1. The van der Waals surface area contributed by atoms with Crippen molar-refractivity contribution in [2.24, 2.45) is 5.10 Å². The smallest absolute Gasteiger partial charge is 0.280 e. The Morgan fingerprint density at radius 3 is 2.30 bits per heavy atom. The van der Waals surface area contributed by atoms with Crippen LogP contribution in [-0.4, -0.2) is 23.3 Å². The first kappa shape index (κ1) is 18.2. The summed E-state index contributed by atoms with van der Waals surface area (Å²) in [6.45, 7) is 1.65. The summed E-state index contributed by atoms with van der Waals surface area (Å²) in [6.07, 6.45) is 0.670. The van der Waals surface area contributed by atoms with Crippen molar-refractivity contribution in [2.45, 2.75) is 13.0 Å². The van der Waals surface area contributed by atoms with Crippen LogP contribution in [0.1, 0.15) is 12.5 Å². The van der Waals surface area contributed by atoms with Gasteiger partial charge in [0.25, 0.3) is 5.91 Å². The molecule has 0 heterocycles. The number of rotatable bonds is 6. The molecule has 0 aromatic heterocycles. The maximum Gasteiger partial charge on any atom is 0.280 e. The average Bonchev–Trinajstić information content (AvgIpc) is 2.70.